The lowest BCUT2D eigenvalue weighted by molar-refractivity contribution is -0.121. The van der Waals surface area contributed by atoms with Crippen LogP contribution in [0.3, 0.4) is 0 Å². The van der Waals surface area contributed by atoms with E-state index >= 15 is 0 Å². The maximum absolute atomic E-state index is 12.0. The van der Waals surface area contributed by atoms with Crippen LogP contribution in [-0.4, -0.2) is 33.8 Å². The first-order valence-corrected chi connectivity index (χ1v) is 8.61. The molecule has 7 heteroatoms. The van der Waals surface area contributed by atoms with Crippen molar-refractivity contribution >= 4 is 18.1 Å². The number of aromatic amines is 1. The monoisotopic (exact) mass is 348 g/mol. The van der Waals surface area contributed by atoms with E-state index in [-0.39, 0.29) is 12.5 Å². The Morgan fingerprint density at radius 3 is 3.04 bits per heavy atom. The molecule has 0 atom stereocenters. The second-order valence-corrected chi connectivity index (χ2v) is 6.04. The van der Waals surface area contributed by atoms with Crippen LogP contribution in [0.25, 0.3) is 0 Å². The number of carbonyl (C=O) groups excluding carboxylic acids is 1. The van der Waals surface area contributed by atoms with Crippen molar-refractivity contribution in [3.05, 3.63) is 40.4 Å². The van der Waals surface area contributed by atoms with Crippen LogP contribution in [0.15, 0.2) is 24.3 Å². The van der Waals surface area contributed by atoms with Gasteiger partial charge in [0.2, 0.25) is 5.91 Å². The highest BCUT2D eigenvalue weighted by molar-refractivity contribution is 7.71. The maximum atomic E-state index is 12.0. The summed E-state index contributed by atoms with van der Waals surface area (Å²) in [6.07, 6.45) is 2.50. The molecule has 2 aromatic rings. The first kappa shape index (κ1) is 18.2. The number of rotatable bonds is 9. The Bertz CT molecular complexity index is 723. The minimum atomic E-state index is -0.0691. The molecule has 6 nitrogen and oxygen atoms in total. The van der Waals surface area contributed by atoms with Crippen LogP contribution in [-0.2, 0) is 17.8 Å². The van der Waals surface area contributed by atoms with Crippen LogP contribution in [0.1, 0.15) is 31.2 Å². The summed E-state index contributed by atoms with van der Waals surface area (Å²) in [5, 5.41) is 9.78. The standard InChI is InChI=1S/C17H24N4O2S/c1-3-6-15-19-20-17(24)21(15)12-16(22)18-9-5-10-23-14-8-4-7-13(2)11-14/h4,7-8,11H,3,5-6,9-10,12H2,1-2H3,(H,18,22)(H,20,24). The topological polar surface area (TPSA) is 71.9 Å². The predicted octanol–water partition coefficient (Wildman–Crippen LogP) is 2.79. The van der Waals surface area contributed by atoms with Crippen molar-refractivity contribution < 1.29 is 9.53 Å². The summed E-state index contributed by atoms with van der Waals surface area (Å²) < 4.78 is 7.89. The van der Waals surface area contributed by atoms with Crippen molar-refractivity contribution in [3.63, 3.8) is 0 Å². The van der Waals surface area contributed by atoms with Gasteiger partial charge in [-0.2, -0.15) is 5.10 Å². The Morgan fingerprint density at radius 1 is 1.46 bits per heavy atom. The fraction of sp³-hybridized carbons (Fsp3) is 0.471. The van der Waals surface area contributed by atoms with E-state index in [9.17, 15) is 4.79 Å². The first-order valence-electron chi connectivity index (χ1n) is 8.20. The lowest BCUT2D eigenvalue weighted by Crippen LogP contribution is -2.29. The molecule has 0 bridgehead atoms. The number of carbonyl (C=O) groups is 1. The van der Waals surface area contributed by atoms with Gasteiger partial charge in [-0.1, -0.05) is 19.1 Å². The molecule has 0 aliphatic carbocycles. The van der Waals surface area contributed by atoms with Gasteiger partial charge >= 0.3 is 0 Å². The van der Waals surface area contributed by atoms with Crippen LogP contribution >= 0.6 is 12.2 Å². The zero-order chi connectivity index (χ0) is 17.4. The molecule has 0 radical (unpaired) electrons. The molecule has 1 heterocycles. The van der Waals surface area contributed by atoms with Crippen LogP contribution in [0, 0.1) is 11.7 Å². The number of hydrogen-bond donors (Lipinski definition) is 2. The number of benzene rings is 1. The molecule has 130 valence electrons. The number of H-pyrrole nitrogens is 1. The summed E-state index contributed by atoms with van der Waals surface area (Å²) >= 11 is 5.17. The second kappa shape index (κ2) is 9.22. The third-order valence-corrected chi connectivity index (χ3v) is 3.83. The molecule has 2 N–H and O–H groups in total. The fourth-order valence-corrected chi connectivity index (χ4v) is 2.54. The smallest absolute Gasteiger partial charge is 0.240 e. The SMILES string of the molecule is CCCc1n[nH]c(=S)n1CC(=O)NCCCOc1cccc(C)c1. The quantitative estimate of drug-likeness (QED) is 0.540. The highest BCUT2D eigenvalue weighted by Crippen LogP contribution is 2.12. The Hall–Kier alpha value is -2.15. The third kappa shape index (κ3) is 5.49. The van der Waals surface area contributed by atoms with E-state index in [1.807, 2.05) is 31.2 Å². The van der Waals surface area contributed by atoms with Crippen LogP contribution < -0.4 is 10.1 Å². The van der Waals surface area contributed by atoms with Gasteiger partial charge in [-0.25, -0.2) is 0 Å². The second-order valence-electron chi connectivity index (χ2n) is 5.65. The minimum absolute atomic E-state index is 0.0691. The van der Waals surface area contributed by atoms with Crippen molar-refractivity contribution in [2.24, 2.45) is 0 Å². The number of amides is 1. The molecule has 2 rings (SSSR count). The summed E-state index contributed by atoms with van der Waals surface area (Å²) in [6, 6.07) is 7.92. The summed E-state index contributed by atoms with van der Waals surface area (Å²) in [4.78, 5) is 12.0. The number of aromatic nitrogens is 3. The molecular formula is C17H24N4O2S. The Labute approximate surface area is 147 Å². The number of hydrogen-bond acceptors (Lipinski definition) is 4. The van der Waals surface area contributed by atoms with E-state index in [0.717, 1.165) is 30.8 Å². The van der Waals surface area contributed by atoms with E-state index in [4.69, 9.17) is 17.0 Å². The van der Waals surface area contributed by atoms with Crippen molar-refractivity contribution in [1.82, 2.24) is 20.1 Å². The molecule has 1 aromatic carbocycles. The number of aryl methyl sites for hydroxylation is 2. The van der Waals surface area contributed by atoms with Gasteiger partial charge in [0.1, 0.15) is 18.1 Å². The molecule has 24 heavy (non-hydrogen) atoms. The van der Waals surface area contributed by atoms with Gasteiger partial charge < -0.3 is 10.1 Å². The zero-order valence-corrected chi connectivity index (χ0v) is 15.0. The van der Waals surface area contributed by atoms with Crippen molar-refractivity contribution in [1.29, 1.82) is 0 Å². The van der Waals surface area contributed by atoms with E-state index in [1.165, 1.54) is 5.56 Å². The molecular weight excluding hydrogens is 324 g/mol. The largest absolute Gasteiger partial charge is 0.494 e. The van der Waals surface area contributed by atoms with E-state index in [2.05, 4.69) is 22.4 Å². The molecule has 0 saturated heterocycles. The Balaban J connectivity index is 1.70. The van der Waals surface area contributed by atoms with Crippen molar-refractivity contribution in [2.75, 3.05) is 13.2 Å². The van der Waals surface area contributed by atoms with Crippen molar-refractivity contribution in [2.45, 2.75) is 39.7 Å². The summed E-state index contributed by atoms with van der Waals surface area (Å²) in [5.41, 5.74) is 1.17. The van der Waals surface area contributed by atoms with Gasteiger partial charge in [0.25, 0.3) is 0 Å². The Kier molecular flexibility index (Phi) is 6.99. The van der Waals surface area contributed by atoms with Crippen molar-refractivity contribution in [3.8, 4) is 5.75 Å². The summed E-state index contributed by atoms with van der Waals surface area (Å²) in [7, 11) is 0. The molecule has 0 aliphatic heterocycles. The van der Waals surface area contributed by atoms with Crippen LogP contribution in [0.4, 0.5) is 0 Å². The highest BCUT2D eigenvalue weighted by atomic mass is 32.1. The van der Waals surface area contributed by atoms with E-state index in [0.29, 0.717) is 17.9 Å². The average molecular weight is 348 g/mol. The lowest BCUT2D eigenvalue weighted by atomic mass is 10.2. The predicted molar refractivity (Wildman–Crippen MR) is 95.7 cm³/mol. The zero-order valence-electron chi connectivity index (χ0n) is 14.2. The molecule has 1 aromatic heterocycles. The summed E-state index contributed by atoms with van der Waals surface area (Å²) in [6.45, 7) is 5.43. The van der Waals surface area contributed by atoms with Gasteiger partial charge in [0, 0.05) is 13.0 Å². The normalized spacial score (nSPS) is 10.6. The van der Waals surface area contributed by atoms with Gasteiger partial charge in [-0.3, -0.25) is 14.5 Å². The van der Waals surface area contributed by atoms with Crippen LogP contribution in [0.5, 0.6) is 5.75 Å². The molecule has 1 amide bonds. The Morgan fingerprint density at radius 2 is 2.29 bits per heavy atom. The lowest BCUT2D eigenvalue weighted by Gasteiger charge is -2.09. The first-order chi connectivity index (χ1) is 11.6. The van der Waals surface area contributed by atoms with Crippen LogP contribution in [0.2, 0.25) is 0 Å². The minimum Gasteiger partial charge on any atom is -0.494 e. The fourth-order valence-electron chi connectivity index (χ4n) is 2.32. The molecule has 0 fully saturated rings. The van der Waals surface area contributed by atoms with Gasteiger partial charge in [0.15, 0.2) is 4.77 Å². The summed E-state index contributed by atoms with van der Waals surface area (Å²) in [5.74, 6) is 1.61. The molecule has 0 saturated carbocycles. The number of nitrogens with one attached hydrogen (secondary N) is 2. The maximum Gasteiger partial charge on any atom is 0.240 e. The van der Waals surface area contributed by atoms with Gasteiger partial charge in [0.05, 0.1) is 6.61 Å². The van der Waals surface area contributed by atoms with E-state index < -0.39 is 0 Å². The molecule has 0 spiro atoms. The average Bonchev–Trinajstić information content (AvgIpc) is 2.88. The molecule has 0 aliphatic rings. The highest BCUT2D eigenvalue weighted by Gasteiger charge is 2.09. The third-order valence-electron chi connectivity index (χ3n) is 3.51. The molecule has 0 unspecified atom stereocenters. The number of nitrogens with zero attached hydrogens (tertiary/aromatic N) is 2. The van der Waals surface area contributed by atoms with Gasteiger partial charge in [-0.15, -0.1) is 0 Å². The number of ether oxygens (including phenoxy) is 1. The van der Waals surface area contributed by atoms with E-state index in [1.54, 1.807) is 4.57 Å². The van der Waals surface area contributed by atoms with Gasteiger partial charge in [-0.05, 0) is 49.7 Å².